The first kappa shape index (κ1) is 16.6. The van der Waals surface area contributed by atoms with Crippen LogP contribution in [0.15, 0.2) is 50.8 Å². The minimum Gasteiger partial charge on any atom is -0.470 e. The van der Waals surface area contributed by atoms with Crippen LogP contribution in [-0.4, -0.2) is 47.2 Å². The van der Waals surface area contributed by atoms with Crippen molar-refractivity contribution < 1.29 is 8.81 Å². The Balaban J connectivity index is 1.41. The van der Waals surface area contributed by atoms with Gasteiger partial charge in [-0.25, -0.2) is 9.18 Å². The number of nitrogens with zero attached hydrogens (tertiary/aromatic N) is 3. The van der Waals surface area contributed by atoms with Crippen molar-refractivity contribution >= 4 is 16.6 Å². The summed E-state index contributed by atoms with van der Waals surface area (Å²) in [4.78, 5) is 31.3. The van der Waals surface area contributed by atoms with Gasteiger partial charge in [-0.2, -0.15) is 0 Å². The first-order valence-corrected chi connectivity index (χ1v) is 8.54. The molecule has 3 heterocycles. The largest absolute Gasteiger partial charge is 0.470 e. The number of furan rings is 1. The molecule has 4 rings (SSSR count). The van der Waals surface area contributed by atoms with Gasteiger partial charge in [-0.15, -0.1) is 0 Å². The lowest BCUT2D eigenvalue weighted by atomic mass is 10.2. The minimum absolute atomic E-state index is 0.215. The Morgan fingerprint density at radius 3 is 2.58 bits per heavy atom. The third-order valence-electron chi connectivity index (χ3n) is 4.83. The van der Waals surface area contributed by atoms with Crippen LogP contribution >= 0.6 is 0 Å². The van der Waals surface area contributed by atoms with Gasteiger partial charge in [0.05, 0.1) is 11.2 Å². The van der Waals surface area contributed by atoms with E-state index in [0.717, 1.165) is 13.1 Å². The van der Waals surface area contributed by atoms with Crippen molar-refractivity contribution in [1.82, 2.24) is 14.5 Å². The number of hydrogen-bond acceptors (Lipinski definition) is 5. The number of aromatic nitrogens is 2. The molecule has 1 aliphatic rings. The smallest absolute Gasteiger partial charge is 0.328 e. The normalized spacial score (nSPS) is 15.7. The molecule has 8 heteroatoms. The number of benzene rings is 1. The molecule has 0 atom stereocenters. The lowest BCUT2D eigenvalue weighted by Crippen LogP contribution is -2.48. The Morgan fingerprint density at radius 2 is 1.81 bits per heavy atom. The van der Waals surface area contributed by atoms with Gasteiger partial charge in [0.2, 0.25) is 0 Å². The number of anilines is 1. The Bertz CT molecular complexity index is 1030. The van der Waals surface area contributed by atoms with Crippen molar-refractivity contribution in [2.75, 3.05) is 37.6 Å². The molecule has 7 nitrogen and oxygen atoms in total. The van der Waals surface area contributed by atoms with Gasteiger partial charge in [-0.3, -0.25) is 14.3 Å². The predicted octanol–water partition coefficient (Wildman–Crippen LogP) is 1.24. The molecule has 136 valence electrons. The molecule has 3 aromatic rings. The van der Waals surface area contributed by atoms with Crippen molar-refractivity contribution in [2.24, 2.45) is 0 Å². The maximum atomic E-state index is 13.9. The van der Waals surface area contributed by atoms with Gasteiger partial charge in [-0.05, 0) is 12.1 Å². The fourth-order valence-electron chi connectivity index (χ4n) is 3.34. The third kappa shape index (κ3) is 3.03. The van der Waals surface area contributed by atoms with E-state index in [1.807, 2.05) is 11.0 Å². The second-order valence-corrected chi connectivity index (χ2v) is 6.37. The Hall–Kier alpha value is -2.87. The van der Waals surface area contributed by atoms with E-state index < -0.39 is 5.69 Å². The van der Waals surface area contributed by atoms with Crippen LogP contribution < -0.4 is 16.1 Å². The second kappa shape index (κ2) is 6.80. The molecule has 0 amide bonds. The summed E-state index contributed by atoms with van der Waals surface area (Å²) in [7, 11) is 0. The topological polar surface area (TPSA) is 74.5 Å². The zero-order valence-electron chi connectivity index (χ0n) is 14.2. The molecule has 2 aromatic heterocycles. The van der Waals surface area contributed by atoms with E-state index >= 15 is 0 Å². The van der Waals surface area contributed by atoms with Crippen molar-refractivity contribution in [1.29, 1.82) is 0 Å². The maximum absolute atomic E-state index is 13.9. The van der Waals surface area contributed by atoms with Crippen molar-refractivity contribution in [3.05, 3.63) is 63.4 Å². The molecule has 0 unspecified atom stereocenters. The van der Waals surface area contributed by atoms with E-state index in [4.69, 9.17) is 4.42 Å². The molecular formula is C18H19FN4O3. The molecule has 1 saturated heterocycles. The molecule has 0 bridgehead atoms. The number of H-pyrrole nitrogens is 1. The van der Waals surface area contributed by atoms with Crippen LogP contribution in [0, 0.1) is 5.82 Å². The van der Waals surface area contributed by atoms with Crippen molar-refractivity contribution in [3.63, 3.8) is 0 Å². The minimum atomic E-state index is -0.436. The van der Waals surface area contributed by atoms with Crippen LogP contribution in [0.3, 0.4) is 0 Å². The fourth-order valence-corrected chi connectivity index (χ4v) is 3.34. The summed E-state index contributed by atoms with van der Waals surface area (Å²) in [6.45, 7) is 3.77. The molecule has 0 radical (unpaired) electrons. The number of para-hydroxylation sites is 1. The zero-order valence-corrected chi connectivity index (χ0v) is 14.2. The van der Waals surface area contributed by atoms with Crippen LogP contribution in [0.25, 0.3) is 10.9 Å². The van der Waals surface area contributed by atoms with Gasteiger partial charge < -0.3 is 14.3 Å². The standard InChI is InChI=1S/C18H19FN4O3/c19-14-3-1-2-4-16(14)22-8-5-21(6-9-22)7-10-23-17(24)13-11-26-12-15(13)20-18(23)25/h1-4,11-12H,5-10H2,(H,20,25). The third-order valence-corrected chi connectivity index (χ3v) is 4.83. The monoisotopic (exact) mass is 358 g/mol. The molecule has 26 heavy (non-hydrogen) atoms. The number of piperazine rings is 1. The summed E-state index contributed by atoms with van der Waals surface area (Å²) in [5.41, 5.74) is 0.247. The molecule has 1 aliphatic heterocycles. The number of aromatic amines is 1. The number of nitrogens with one attached hydrogen (secondary N) is 1. The fraction of sp³-hybridized carbons (Fsp3) is 0.333. The first-order valence-electron chi connectivity index (χ1n) is 8.54. The average Bonchev–Trinajstić information content (AvgIpc) is 3.11. The summed E-state index contributed by atoms with van der Waals surface area (Å²) in [5.74, 6) is -0.215. The summed E-state index contributed by atoms with van der Waals surface area (Å²) in [6.07, 6.45) is 2.70. The highest BCUT2D eigenvalue weighted by molar-refractivity contribution is 5.75. The van der Waals surface area contributed by atoms with Gasteiger partial charge in [0.15, 0.2) is 0 Å². The van der Waals surface area contributed by atoms with E-state index in [9.17, 15) is 14.0 Å². The van der Waals surface area contributed by atoms with E-state index in [1.54, 1.807) is 12.1 Å². The molecule has 0 spiro atoms. The van der Waals surface area contributed by atoms with E-state index in [0.29, 0.717) is 42.8 Å². The van der Waals surface area contributed by atoms with Crippen molar-refractivity contribution in [2.45, 2.75) is 6.54 Å². The van der Waals surface area contributed by atoms with Crippen LogP contribution in [0.1, 0.15) is 0 Å². The van der Waals surface area contributed by atoms with Gasteiger partial charge in [0.25, 0.3) is 5.56 Å². The molecular weight excluding hydrogens is 339 g/mol. The molecule has 1 aromatic carbocycles. The summed E-state index contributed by atoms with van der Waals surface area (Å²) < 4.78 is 20.1. The lowest BCUT2D eigenvalue weighted by Gasteiger charge is -2.36. The van der Waals surface area contributed by atoms with Gasteiger partial charge in [-0.1, -0.05) is 12.1 Å². The highest BCUT2D eigenvalue weighted by atomic mass is 19.1. The number of halogens is 1. The predicted molar refractivity (Wildman–Crippen MR) is 96.1 cm³/mol. The number of rotatable bonds is 4. The highest BCUT2D eigenvalue weighted by Gasteiger charge is 2.19. The molecule has 1 fully saturated rings. The average molecular weight is 358 g/mol. The molecule has 1 N–H and O–H groups in total. The van der Waals surface area contributed by atoms with Gasteiger partial charge in [0, 0.05) is 39.3 Å². The Kier molecular flexibility index (Phi) is 4.34. The van der Waals surface area contributed by atoms with Crippen LogP contribution in [0.2, 0.25) is 0 Å². The van der Waals surface area contributed by atoms with E-state index in [-0.39, 0.29) is 11.4 Å². The van der Waals surface area contributed by atoms with Crippen molar-refractivity contribution in [3.8, 4) is 0 Å². The van der Waals surface area contributed by atoms with Crippen LogP contribution in [0.5, 0.6) is 0 Å². The number of hydrogen-bond donors (Lipinski definition) is 1. The SMILES string of the molecule is O=c1[nH]c2cocc2c(=O)n1CCN1CCN(c2ccccc2F)CC1. The van der Waals surface area contributed by atoms with Gasteiger partial charge in [0.1, 0.15) is 23.7 Å². The van der Waals surface area contributed by atoms with Crippen LogP contribution in [0.4, 0.5) is 10.1 Å². The Morgan fingerprint density at radius 1 is 1.04 bits per heavy atom. The molecule has 0 aliphatic carbocycles. The van der Waals surface area contributed by atoms with Crippen LogP contribution in [-0.2, 0) is 6.54 Å². The first-order chi connectivity index (χ1) is 12.6. The number of fused-ring (bicyclic) bond motifs is 1. The van der Waals surface area contributed by atoms with E-state index in [1.165, 1.54) is 23.2 Å². The quantitative estimate of drug-likeness (QED) is 0.760. The lowest BCUT2D eigenvalue weighted by molar-refractivity contribution is 0.245. The van der Waals surface area contributed by atoms with E-state index in [2.05, 4.69) is 9.88 Å². The highest BCUT2D eigenvalue weighted by Crippen LogP contribution is 2.20. The summed E-state index contributed by atoms with van der Waals surface area (Å²) >= 11 is 0. The molecule has 0 saturated carbocycles. The maximum Gasteiger partial charge on any atom is 0.328 e. The Labute approximate surface area is 148 Å². The summed E-state index contributed by atoms with van der Waals surface area (Å²) in [6, 6.07) is 6.76. The zero-order chi connectivity index (χ0) is 18.1. The second-order valence-electron chi connectivity index (χ2n) is 6.37. The van der Waals surface area contributed by atoms with Gasteiger partial charge >= 0.3 is 5.69 Å². The summed E-state index contributed by atoms with van der Waals surface area (Å²) in [5, 5.41) is 0.369.